The highest BCUT2D eigenvalue weighted by Crippen LogP contribution is 2.26. The van der Waals surface area contributed by atoms with E-state index in [-0.39, 0.29) is 16.4 Å². The fraction of sp³-hybridized carbons (Fsp3) is 0.200. The minimum absolute atomic E-state index is 0.0776. The Bertz CT molecular complexity index is 519. The molecule has 3 nitrogen and oxygen atoms in total. The molecule has 0 saturated carbocycles. The maximum Gasteiger partial charge on any atom is 0.329 e. The Kier molecular flexibility index (Phi) is 3.10. The number of hydrogen-bond acceptors (Lipinski definition) is 3. The molecule has 1 heterocycles. The summed E-state index contributed by atoms with van der Waals surface area (Å²) in [5, 5.41) is 8.78. The lowest BCUT2D eigenvalue weighted by Crippen LogP contribution is -2.17. The third-order valence-corrected chi connectivity index (χ3v) is 3.28. The van der Waals surface area contributed by atoms with Crippen molar-refractivity contribution in [1.29, 1.82) is 0 Å². The third kappa shape index (κ3) is 2.14. The van der Waals surface area contributed by atoms with Gasteiger partial charge < -0.3 is 5.11 Å². The molecule has 1 aliphatic heterocycles. The predicted octanol–water partition coefficient (Wildman–Crippen LogP) is 2.05. The van der Waals surface area contributed by atoms with Crippen LogP contribution in [-0.2, 0) is 4.79 Å². The molecule has 0 bridgehead atoms. The van der Waals surface area contributed by atoms with Crippen molar-refractivity contribution in [3.05, 3.63) is 35.1 Å². The summed E-state index contributed by atoms with van der Waals surface area (Å²) in [6, 6.07) is 0.858. The maximum atomic E-state index is 13.4. The fourth-order valence-corrected chi connectivity index (χ4v) is 2.39. The lowest BCUT2D eigenvalue weighted by atomic mass is 10.2. The Morgan fingerprint density at radius 1 is 1.35 bits per heavy atom. The summed E-state index contributed by atoms with van der Waals surface area (Å²) >= 11 is 1.00. The van der Waals surface area contributed by atoms with Crippen molar-refractivity contribution in [2.45, 2.75) is 6.04 Å². The highest BCUT2D eigenvalue weighted by Gasteiger charge is 2.27. The molecular weight excluding hydrogens is 255 g/mol. The fourth-order valence-electron chi connectivity index (χ4n) is 1.34. The molecule has 0 radical (unpaired) electrons. The number of carboxylic acids is 1. The van der Waals surface area contributed by atoms with Gasteiger partial charge >= 0.3 is 5.97 Å². The molecule has 17 heavy (non-hydrogen) atoms. The summed E-state index contributed by atoms with van der Waals surface area (Å²) in [6.45, 7) is 0. The minimum Gasteiger partial charge on any atom is -0.480 e. The van der Waals surface area contributed by atoms with E-state index in [1.54, 1.807) is 0 Å². The van der Waals surface area contributed by atoms with E-state index < -0.39 is 29.5 Å². The second-order valence-electron chi connectivity index (χ2n) is 3.32. The van der Waals surface area contributed by atoms with E-state index in [2.05, 4.69) is 4.99 Å². The zero-order valence-corrected chi connectivity index (χ0v) is 9.10. The van der Waals surface area contributed by atoms with Crippen molar-refractivity contribution in [1.82, 2.24) is 0 Å². The largest absolute Gasteiger partial charge is 0.480 e. The number of hydrogen-bond donors (Lipinski definition) is 1. The topological polar surface area (TPSA) is 49.7 Å². The molecule has 7 heteroatoms. The maximum absolute atomic E-state index is 13.4. The number of halogens is 3. The smallest absolute Gasteiger partial charge is 0.329 e. The molecule has 0 amide bonds. The van der Waals surface area contributed by atoms with Crippen LogP contribution in [0.3, 0.4) is 0 Å². The zero-order valence-electron chi connectivity index (χ0n) is 8.28. The molecule has 2 rings (SSSR count). The van der Waals surface area contributed by atoms with Crippen LogP contribution in [0.5, 0.6) is 0 Å². The van der Waals surface area contributed by atoms with Crippen molar-refractivity contribution < 1.29 is 23.1 Å². The first-order chi connectivity index (χ1) is 8.00. The first kappa shape index (κ1) is 12.0. The monoisotopic (exact) mass is 261 g/mol. The van der Waals surface area contributed by atoms with Gasteiger partial charge in [0.15, 0.2) is 23.5 Å². The highest BCUT2D eigenvalue weighted by molar-refractivity contribution is 8.14. The molecule has 1 aromatic carbocycles. The normalized spacial score (nSPS) is 19.2. The quantitative estimate of drug-likeness (QED) is 0.829. The van der Waals surface area contributed by atoms with Gasteiger partial charge in [0, 0.05) is 11.3 Å². The summed E-state index contributed by atoms with van der Waals surface area (Å²) in [5.41, 5.74) is -0.211. The third-order valence-electron chi connectivity index (χ3n) is 2.20. The van der Waals surface area contributed by atoms with Crippen LogP contribution in [0.25, 0.3) is 0 Å². The van der Waals surface area contributed by atoms with Gasteiger partial charge in [-0.1, -0.05) is 0 Å². The number of carboxylic acid groups (broad SMARTS) is 1. The van der Waals surface area contributed by atoms with Gasteiger partial charge in [-0.3, -0.25) is 4.99 Å². The Hall–Kier alpha value is -1.50. The van der Waals surface area contributed by atoms with Gasteiger partial charge in [0.2, 0.25) is 0 Å². The van der Waals surface area contributed by atoms with Crippen molar-refractivity contribution in [3.8, 4) is 0 Å². The zero-order chi connectivity index (χ0) is 12.6. The lowest BCUT2D eigenvalue weighted by molar-refractivity contribution is -0.137. The molecule has 90 valence electrons. The Morgan fingerprint density at radius 3 is 2.65 bits per heavy atom. The van der Waals surface area contributed by atoms with Crippen molar-refractivity contribution in [2.75, 3.05) is 5.75 Å². The van der Waals surface area contributed by atoms with Crippen LogP contribution in [0.15, 0.2) is 17.1 Å². The molecule has 1 unspecified atom stereocenters. The van der Waals surface area contributed by atoms with Crippen LogP contribution in [0.2, 0.25) is 0 Å². The number of aliphatic carboxylic acids is 1. The second-order valence-corrected chi connectivity index (χ2v) is 4.33. The van der Waals surface area contributed by atoms with Gasteiger partial charge in [-0.05, 0) is 12.1 Å². The molecule has 0 spiro atoms. The molecule has 0 saturated heterocycles. The van der Waals surface area contributed by atoms with E-state index in [1.165, 1.54) is 0 Å². The van der Waals surface area contributed by atoms with Gasteiger partial charge in [0.05, 0.1) is 0 Å². The standard InChI is InChI=1S/C10H6F3NO2S/c11-5-2-1-4(7(12)8(5)13)9-14-6(3-17-9)10(15)16/h1-2,6H,3H2,(H,15,16). The predicted molar refractivity (Wildman–Crippen MR) is 56.7 cm³/mol. The molecule has 1 atom stereocenters. The Morgan fingerprint density at radius 2 is 2.06 bits per heavy atom. The molecule has 1 aromatic rings. The van der Waals surface area contributed by atoms with E-state index in [9.17, 15) is 18.0 Å². The van der Waals surface area contributed by atoms with Crippen LogP contribution in [0, 0.1) is 17.5 Å². The summed E-state index contributed by atoms with van der Waals surface area (Å²) in [5.74, 6) is -5.18. The van der Waals surface area contributed by atoms with Crippen molar-refractivity contribution >= 4 is 22.8 Å². The second kappa shape index (κ2) is 4.40. The van der Waals surface area contributed by atoms with Gasteiger partial charge in [-0.2, -0.15) is 0 Å². The Balaban J connectivity index is 2.40. The minimum atomic E-state index is -1.58. The SMILES string of the molecule is O=C(O)C1CSC(c2ccc(F)c(F)c2F)=N1. The molecule has 0 aliphatic carbocycles. The molecule has 0 aromatic heterocycles. The van der Waals surface area contributed by atoms with E-state index >= 15 is 0 Å². The first-order valence-corrected chi connectivity index (χ1v) is 5.56. The highest BCUT2D eigenvalue weighted by atomic mass is 32.2. The van der Waals surface area contributed by atoms with Gasteiger partial charge in [-0.15, -0.1) is 11.8 Å². The average molecular weight is 261 g/mol. The number of aliphatic imine (C=N–C) groups is 1. The van der Waals surface area contributed by atoms with Crippen molar-refractivity contribution in [3.63, 3.8) is 0 Å². The van der Waals surface area contributed by atoms with Gasteiger partial charge in [0.25, 0.3) is 0 Å². The van der Waals surface area contributed by atoms with Crippen LogP contribution < -0.4 is 0 Å². The molecule has 0 fully saturated rings. The number of rotatable bonds is 2. The van der Waals surface area contributed by atoms with Crippen LogP contribution >= 0.6 is 11.8 Å². The van der Waals surface area contributed by atoms with Gasteiger partial charge in [0.1, 0.15) is 5.04 Å². The number of carbonyl (C=O) groups is 1. The lowest BCUT2D eigenvalue weighted by Gasteiger charge is -2.03. The van der Waals surface area contributed by atoms with Crippen molar-refractivity contribution in [2.24, 2.45) is 4.99 Å². The summed E-state index contributed by atoms with van der Waals surface area (Å²) < 4.78 is 39.1. The van der Waals surface area contributed by atoms with E-state index in [1.807, 2.05) is 0 Å². The molecule has 1 aliphatic rings. The summed E-state index contributed by atoms with van der Waals surface area (Å²) in [6.07, 6.45) is 0. The van der Waals surface area contributed by atoms with Gasteiger partial charge in [-0.25, -0.2) is 18.0 Å². The summed E-state index contributed by atoms with van der Waals surface area (Å²) in [4.78, 5) is 14.4. The van der Waals surface area contributed by atoms with Crippen LogP contribution in [0.4, 0.5) is 13.2 Å². The number of nitrogens with zero attached hydrogens (tertiary/aromatic N) is 1. The molecule has 1 N–H and O–H groups in total. The van der Waals surface area contributed by atoms with E-state index in [0.717, 1.165) is 23.9 Å². The number of thioether (sulfide) groups is 1. The van der Waals surface area contributed by atoms with E-state index in [0.29, 0.717) is 0 Å². The van der Waals surface area contributed by atoms with Crippen LogP contribution in [0.1, 0.15) is 5.56 Å². The number of benzene rings is 1. The van der Waals surface area contributed by atoms with Crippen LogP contribution in [-0.4, -0.2) is 27.9 Å². The average Bonchev–Trinajstić information content (AvgIpc) is 2.75. The molecular formula is C10H6F3NO2S. The first-order valence-electron chi connectivity index (χ1n) is 4.58. The van der Waals surface area contributed by atoms with E-state index in [4.69, 9.17) is 5.11 Å². The summed E-state index contributed by atoms with van der Waals surface area (Å²) in [7, 11) is 0. The Labute approximate surface area is 98.4 Å².